The third-order valence-electron chi connectivity index (χ3n) is 4.03. The summed E-state index contributed by atoms with van der Waals surface area (Å²) in [6.07, 6.45) is 0.841. The lowest BCUT2D eigenvalue weighted by Crippen LogP contribution is -2.38. The van der Waals surface area contributed by atoms with Gasteiger partial charge in [-0.1, -0.05) is 30.3 Å². The van der Waals surface area contributed by atoms with Crippen LogP contribution in [0, 0.1) is 0 Å². The number of hydrogen-bond acceptors (Lipinski definition) is 4. The van der Waals surface area contributed by atoms with Gasteiger partial charge >= 0.3 is 12.0 Å². The van der Waals surface area contributed by atoms with E-state index in [1.165, 1.54) is 0 Å². The Bertz CT molecular complexity index is 717. The number of hydrogen-bond donors (Lipinski definition) is 1. The number of methoxy groups -OCH3 is 1. The Morgan fingerprint density at radius 1 is 1.00 bits per heavy atom. The smallest absolute Gasteiger partial charge is 0.321 e. The minimum absolute atomic E-state index is 0.165. The molecule has 2 amide bonds. The van der Waals surface area contributed by atoms with Crippen LogP contribution in [0.1, 0.15) is 18.9 Å². The maximum absolute atomic E-state index is 12.6. The number of rotatable bonds is 9. The van der Waals surface area contributed by atoms with E-state index in [0.717, 1.165) is 11.3 Å². The van der Waals surface area contributed by atoms with E-state index in [1.54, 1.807) is 18.9 Å². The van der Waals surface area contributed by atoms with Crippen molar-refractivity contribution >= 4 is 17.7 Å². The number of esters is 1. The van der Waals surface area contributed by atoms with Gasteiger partial charge in [0.05, 0.1) is 20.1 Å². The zero-order valence-electron chi connectivity index (χ0n) is 15.8. The first kappa shape index (κ1) is 20.3. The van der Waals surface area contributed by atoms with Crippen molar-refractivity contribution in [3.05, 3.63) is 60.2 Å². The van der Waals surface area contributed by atoms with Gasteiger partial charge in [-0.05, 0) is 43.2 Å². The average molecular weight is 370 g/mol. The molecule has 0 heterocycles. The van der Waals surface area contributed by atoms with E-state index in [9.17, 15) is 9.59 Å². The second kappa shape index (κ2) is 10.9. The van der Waals surface area contributed by atoms with Crippen molar-refractivity contribution < 1.29 is 19.1 Å². The highest BCUT2D eigenvalue weighted by molar-refractivity contribution is 5.89. The predicted octanol–water partition coefficient (Wildman–Crippen LogP) is 3.73. The van der Waals surface area contributed by atoms with Gasteiger partial charge in [-0.25, -0.2) is 4.79 Å². The van der Waals surface area contributed by atoms with E-state index < -0.39 is 0 Å². The zero-order valence-corrected chi connectivity index (χ0v) is 15.8. The molecule has 2 aromatic carbocycles. The summed E-state index contributed by atoms with van der Waals surface area (Å²) in [7, 11) is 1.63. The van der Waals surface area contributed by atoms with E-state index in [1.807, 2.05) is 54.6 Å². The quantitative estimate of drug-likeness (QED) is 0.683. The molecule has 0 aliphatic carbocycles. The molecule has 0 aliphatic rings. The van der Waals surface area contributed by atoms with Gasteiger partial charge in [0, 0.05) is 18.8 Å². The first-order valence-electron chi connectivity index (χ1n) is 9.02. The lowest BCUT2D eigenvalue weighted by molar-refractivity contribution is -0.143. The molecular weight excluding hydrogens is 344 g/mol. The largest absolute Gasteiger partial charge is 0.497 e. The number of carbonyl (C=O) groups excluding carboxylic acids is 2. The summed E-state index contributed by atoms with van der Waals surface area (Å²) in [6, 6.07) is 16.7. The fourth-order valence-corrected chi connectivity index (χ4v) is 2.55. The SMILES string of the molecule is CCOC(=O)CCN(CCc1ccc(OC)cc1)C(=O)Nc1ccccc1. The van der Waals surface area contributed by atoms with Crippen LogP contribution in [-0.2, 0) is 16.0 Å². The molecule has 0 saturated carbocycles. The van der Waals surface area contributed by atoms with E-state index in [4.69, 9.17) is 9.47 Å². The lowest BCUT2D eigenvalue weighted by Gasteiger charge is -2.23. The van der Waals surface area contributed by atoms with Crippen molar-refractivity contribution in [3.63, 3.8) is 0 Å². The Kier molecular flexibility index (Phi) is 8.16. The molecule has 6 heteroatoms. The molecule has 0 bridgehead atoms. The number of ether oxygens (including phenoxy) is 2. The van der Waals surface area contributed by atoms with E-state index in [0.29, 0.717) is 31.8 Å². The fourth-order valence-electron chi connectivity index (χ4n) is 2.55. The number of nitrogens with one attached hydrogen (secondary N) is 1. The molecule has 0 unspecified atom stereocenters. The summed E-state index contributed by atoms with van der Waals surface area (Å²) < 4.78 is 10.1. The van der Waals surface area contributed by atoms with Crippen LogP contribution in [0.5, 0.6) is 5.75 Å². The van der Waals surface area contributed by atoms with Crippen LogP contribution in [0.2, 0.25) is 0 Å². The third-order valence-corrected chi connectivity index (χ3v) is 4.03. The summed E-state index contributed by atoms with van der Waals surface area (Å²) in [4.78, 5) is 26.0. The molecule has 2 rings (SSSR count). The van der Waals surface area contributed by atoms with Crippen LogP contribution < -0.4 is 10.1 Å². The standard InChI is InChI=1S/C21H26N2O4/c1-3-27-20(24)14-16-23(21(25)22-18-7-5-4-6-8-18)15-13-17-9-11-19(26-2)12-10-17/h4-12H,3,13-16H2,1-2H3,(H,22,25). The van der Waals surface area contributed by atoms with Gasteiger partial charge < -0.3 is 19.7 Å². The van der Waals surface area contributed by atoms with Gasteiger partial charge in [0.15, 0.2) is 0 Å². The number of carbonyl (C=O) groups is 2. The highest BCUT2D eigenvalue weighted by Crippen LogP contribution is 2.13. The van der Waals surface area contributed by atoms with E-state index in [-0.39, 0.29) is 18.4 Å². The molecule has 27 heavy (non-hydrogen) atoms. The monoisotopic (exact) mass is 370 g/mol. The number of nitrogens with zero attached hydrogens (tertiary/aromatic N) is 1. The molecule has 1 N–H and O–H groups in total. The Morgan fingerprint density at radius 3 is 2.33 bits per heavy atom. The molecule has 0 saturated heterocycles. The minimum Gasteiger partial charge on any atom is -0.497 e. The van der Waals surface area contributed by atoms with Gasteiger partial charge in [0.1, 0.15) is 5.75 Å². The van der Waals surface area contributed by atoms with Gasteiger partial charge in [-0.15, -0.1) is 0 Å². The molecule has 6 nitrogen and oxygen atoms in total. The van der Waals surface area contributed by atoms with Crippen LogP contribution in [0.25, 0.3) is 0 Å². The molecule has 0 aromatic heterocycles. The third kappa shape index (κ3) is 7.01. The summed E-state index contributed by atoms with van der Waals surface area (Å²) in [5.41, 5.74) is 1.80. The molecule has 144 valence electrons. The Balaban J connectivity index is 1.98. The highest BCUT2D eigenvalue weighted by atomic mass is 16.5. The van der Waals surface area contributed by atoms with Crippen molar-refractivity contribution in [2.45, 2.75) is 19.8 Å². The normalized spacial score (nSPS) is 10.1. The maximum Gasteiger partial charge on any atom is 0.321 e. The highest BCUT2D eigenvalue weighted by Gasteiger charge is 2.16. The second-order valence-electron chi connectivity index (χ2n) is 5.94. The van der Waals surface area contributed by atoms with Gasteiger partial charge in [0.25, 0.3) is 0 Å². The number of anilines is 1. The average Bonchev–Trinajstić information content (AvgIpc) is 2.69. The molecule has 0 atom stereocenters. The van der Waals surface area contributed by atoms with Crippen molar-refractivity contribution in [2.24, 2.45) is 0 Å². The molecule has 0 radical (unpaired) electrons. The minimum atomic E-state index is -0.306. The lowest BCUT2D eigenvalue weighted by atomic mass is 10.1. The number of urea groups is 1. The van der Waals surface area contributed by atoms with Gasteiger partial charge in [-0.2, -0.15) is 0 Å². The number of para-hydroxylation sites is 1. The summed E-state index contributed by atoms with van der Waals surface area (Å²) >= 11 is 0. The summed E-state index contributed by atoms with van der Waals surface area (Å²) in [5.74, 6) is 0.485. The maximum atomic E-state index is 12.6. The predicted molar refractivity (Wildman–Crippen MR) is 105 cm³/mol. The molecule has 0 spiro atoms. The van der Waals surface area contributed by atoms with Crippen molar-refractivity contribution in [1.82, 2.24) is 4.90 Å². The molecular formula is C21H26N2O4. The molecule has 0 fully saturated rings. The van der Waals surface area contributed by atoms with Crippen molar-refractivity contribution in [3.8, 4) is 5.75 Å². The first-order valence-corrected chi connectivity index (χ1v) is 9.02. The van der Waals surface area contributed by atoms with Gasteiger partial charge in [-0.3, -0.25) is 4.79 Å². The fraction of sp³-hybridized carbons (Fsp3) is 0.333. The first-order chi connectivity index (χ1) is 13.1. The Labute approximate surface area is 160 Å². The van der Waals surface area contributed by atoms with Gasteiger partial charge in [0.2, 0.25) is 0 Å². The molecule has 0 aliphatic heterocycles. The van der Waals surface area contributed by atoms with Crippen LogP contribution >= 0.6 is 0 Å². The summed E-state index contributed by atoms with van der Waals surface area (Å²) in [6.45, 7) is 2.89. The topological polar surface area (TPSA) is 67.9 Å². The van der Waals surface area contributed by atoms with Crippen LogP contribution in [0.3, 0.4) is 0 Å². The number of amides is 2. The molecule has 2 aromatic rings. The van der Waals surface area contributed by atoms with Crippen LogP contribution in [0.15, 0.2) is 54.6 Å². The number of benzene rings is 2. The summed E-state index contributed by atoms with van der Waals surface area (Å²) in [5, 5.41) is 2.87. The van der Waals surface area contributed by atoms with E-state index >= 15 is 0 Å². The van der Waals surface area contributed by atoms with Crippen LogP contribution in [0.4, 0.5) is 10.5 Å². The van der Waals surface area contributed by atoms with Crippen molar-refractivity contribution in [1.29, 1.82) is 0 Å². The Morgan fingerprint density at radius 2 is 1.70 bits per heavy atom. The van der Waals surface area contributed by atoms with Crippen LogP contribution in [-0.4, -0.2) is 43.7 Å². The Hall–Kier alpha value is -3.02. The zero-order chi connectivity index (χ0) is 19.5. The van der Waals surface area contributed by atoms with E-state index in [2.05, 4.69) is 5.32 Å². The second-order valence-corrected chi connectivity index (χ2v) is 5.94. The van der Waals surface area contributed by atoms with Crippen molar-refractivity contribution in [2.75, 3.05) is 32.1 Å².